The van der Waals surface area contributed by atoms with Gasteiger partial charge in [0.2, 0.25) is 0 Å². The molecule has 4 heteroatoms. The number of para-hydroxylation sites is 1. The number of carbonyl (C=O) groups is 1. The van der Waals surface area contributed by atoms with Crippen molar-refractivity contribution >= 4 is 11.6 Å². The number of hydrogen-bond acceptors (Lipinski definition) is 3. The summed E-state index contributed by atoms with van der Waals surface area (Å²) in [5.74, 6) is 1.46. The standard InChI is InChI=1S/C13H12N2O2/c1-8-6-7-11(17-8)12-14-10-5-3-2-4-9(10)13(16)15-12/h2-7,12,14H,1H3,(H,15,16)/t12-/m0/s1. The number of nitrogens with one attached hydrogen (secondary N) is 2. The molecule has 0 fully saturated rings. The molecule has 0 spiro atoms. The van der Waals surface area contributed by atoms with Gasteiger partial charge < -0.3 is 15.1 Å². The minimum atomic E-state index is -0.300. The molecule has 0 aliphatic carbocycles. The summed E-state index contributed by atoms with van der Waals surface area (Å²) in [4.78, 5) is 11.9. The topological polar surface area (TPSA) is 54.3 Å². The first-order valence-corrected chi connectivity index (χ1v) is 5.47. The van der Waals surface area contributed by atoms with Crippen molar-refractivity contribution in [1.29, 1.82) is 0 Å². The molecule has 1 aromatic heterocycles. The summed E-state index contributed by atoms with van der Waals surface area (Å²) in [7, 11) is 0. The number of anilines is 1. The Bertz CT molecular complexity index is 574. The highest BCUT2D eigenvalue weighted by atomic mass is 16.3. The predicted molar refractivity (Wildman–Crippen MR) is 63.7 cm³/mol. The van der Waals surface area contributed by atoms with Crippen LogP contribution in [0.5, 0.6) is 0 Å². The van der Waals surface area contributed by atoms with Gasteiger partial charge in [-0.05, 0) is 31.2 Å². The van der Waals surface area contributed by atoms with Crippen molar-refractivity contribution in [3.63, 3.8) is 0 Å². The molecule has 3 rings (SSSR count). The average Bonchev–Trinajstić information content (AvgIpc) is 2.76. The molecule has 2 N–H and O–H groups in total. The van der Waals surface area contributed by atoms with Crippen LogP contribution in [0.1, 0.15) is 28.0 Å². The van der Waals surface area contributed by atoms with Gasteiger partial charge in [0.05, 0.1) is 5.56 Å². The first kappa shape index (κ1) is 9.96. The highest BCUT2D eigenvalue weighted by Crippen LogP contribution is 2.26. The van der Waals surface area contributed by atoms with Crippen molar-refractivity contribution in [2.45, 2.75) is 13.1 Å². The molecule has 0 bridgehead atoms. The highest BCUT2D eigenvalue weighted by Gasteiger charge is 2.25. The number of benzene rings is 1. The first-order chi connectivity index (χ1) is 8.24. The van der Waals surface area contributed by atoms with E-state index in [2.05, 4.69) is 10.6 Å². The number of carbonyl (C=O) groups excluding carboxylic acids is 1. The molecule has 0 radical (unpaired) electrons. The Morgan fingerprint density at radius 1 is 1.12 bits per heavy atom. The Labute approximate surface area is 98.6 Å². The molecule has 86 valence electrons. The molecule has 1 amide bonds. The van der Waals surface area contributed by atoms with E-state index in [4.69, 9.17) is 4.42 Å². The van der Waals surface area contributed by atoms with Gasteiger partial charge in [-0.25, -0.2) is 0 Å². The Balaban J connectivity index is 1.96. The minimum absolute atomic E-state index is 0.0848. The van der Waals surface area contributed by atoms with Crippen LogP contribution in [0, 0.1) is 6.92 Å². The Morgan fingerprint density at radius 3 is 2.71 bits per heavy atom. The molecule has 0 unspecified atom stereocenters. The number of furan rings is 1. The normalized spacial score (nSPS) is 18.2. The maximum absolute atomic E-state index is 11.9. The van der Waals surface area contributed by atoms with E-state index in [0.29, 0.717) is 11.3 Å². The van der Waals surface area contributed by atoms with Crippen LogP contribution in [-0.2, 0) is 0 Å². The lowest BCUT2D eigenvalue weighted by Crippen LogP contribution is -2.38. The second-order valence-electron chi connectivity index (χ2n) is 4.04. The molecule has 1 aliphatic heterocycles. The zero-order chi connectivity index (χ0) is 11.8. The number of amides is 1. The van der Waals surface area contributed by atoms with Crippen molar-refractivity contribution in [2.75, 3.05) is 5.32 Å². The molecular weight excluding hydrogens is 216 g/mol. The van der Waals surface area contributed by atoms with E-state index in [1.807, 2.05) is 37.3 Å². The molecule has 1 atom stereocenters. The molecule has 2 aromatic rings. The van der Waals surface area contributed by atoms with E-state index >= 15 is 0 Å². The van der Waals surface area contributed by atoms with Crippen LogP contribution < -0.4 is 10.6 Å². The van der Waals surface area contributed by atoms with Crippen molar-refractivity contribution in [1.82, 2.24) is 5.32 Å². The van der Waals surface area contributed by atoms with Crippen LogP contribution in [0.2, 0.25) is 0 Å². The van der Waals surface area contributed by atoms with Crippen LogP contribution in [-0.4, -0.2) is 5.91 Å². The van der Waals surface area contributed by atoms with Crippen molar-refractivity contribution in [3.8, 4) is 0 Å². The molecule has 0 saturated heterocycles. The fraction of sp³-hybridized carbons (Fsp3) is 0.154. The van der Waals surface area contributed by atoms with Gasteiger partial charge >= 0.3 is 0 Å². The summed E-state index contributed by atoms with van der Waals surface area (Å²) in [6, 6.07) is 11.2. The summed E-state index contributed by atoms with van der Waals surface area (Å²) in [5, 5.41) is 6.09. The van der Waals surface area contributed by atoms with Crippen LogP contribution in [0.15, 0.2) is 40.8 Å². The summed E-state index contributed by atoms with van der Waals surface area (Å²) in [6.45, 7) is 1.88. The summed E-state index contributed by atoms with van der Waals surface area (Å²) in [5.41, 5.74) is 1.49. The number of fused-ring (bicyclic) bond motifs is 1. The fourth-order valence-electron chi connectivity index (χ4n) is 1.96. The van der Waals surface area contributed by atoms with Crippen molar-refractivity contribution in [3.05, 3.63) is 53.5 Å². The van der Waals surface area contributed by atoms with E-state index in [1.165, 1.54) is 0 Å². The Kier molecular flexibility index (Phi) is 2.14. The van der Waals surface area contributed by atoms with Gasteiger partial charge in [-0.3, -0.25) is 4.79 Å². The molecule has 0 saturated carbocycles. The number of hydrogen-bond donors (Lipinski definition) is 2. The van der Waals surface area contributed by atoms with E-state index in [1.54, 1.807) is 6.07 Å². The summed E-state index contributed by atoms with van der Waals surface area (Å²) >= 11 is 0. The third kappa shape index (κ3) is 1.67. The molecule has 2 heterocycles. The third-order valence-electron chi connectivity index (χ3n) is 2.79. The lowest BCUT2D eigenvalue weighted by atomic mass is 10.1. The molecule has 1 aliphatic rings. The predicted octanol–water partition coefficient (Wildman–Crippen LogP) is 2.44. The highest BCUT2D eigenvalue weighted by molar-refractivity contribution is 6.01. The van der Waals surface area contributed by atoms with E-state index in [-0.39, 0.29) is 12.1 Å². The zero-order valence-corrected chi connectivity index (χ0v) is 9.36. The molecular formula is C13H12N2O2. The molecule has 4 nitrogen and oxygen atoms in total. The molecule has 17 heavy (non-hydrogen) atoms. The minimum Gasteiger partial charge on any atom is -0.462 e. The van der Waals surface area contributed by atoms with E-state index in [0.717, 1.165) is 11.4 Å². The quantitative estimate of drug-likeness (QED) is 0.788. The SMILES string of the molecule is Cc1ccc([C@@H]2NC(=O)c3ccccc3N2)o1. The van der Waals surface area contributed by atoms with Gasteiger partial charge in [-0.15, -0.1) is 0 Å². The summed E-state index contributed by atoms with van der Waals surface area (Å²) < 4.78 is 5.51. The zero-order valence-electron chi connectivity index (χ0n) is 9.36. The van der Waals surface area contributed by atoms with Gasteiger partial charge in [-0.2, -0.15) is 0 Å². The first-order valence-electron chi connectivity index (χ1n) is 5.47. The second-order valence-corrected chi connectivity index (χ2v) is 4.04. The van der Waals surface area contributed by atoms with Gasteiger partial charge in [-0.1, -0.05) is 12.1 Å². The Morgan fingerprint density at radius 2 is 1.94 bits per heavy atom. The van der Waals surface area contributed by atoms with Gasteiger partial charge in [0, 0.05) is 5.69 Å². The maximum Gasteiger partial charge on any atom is 0.255 e. The maximum atomic E-state index is 11.9. The van der Waals surface area contributed by atoms with Crippen molar-refractivity contribution < 1.29 is 9.21 Å². The Hall–Kier alpha value is -2.23. The van der Waals surface area contributed by atoms with E-state index < -0.39 is 0 Å². The average molecular weight is 228 g/mol. The monoisotopic (exact) mass is 228 g/mol. The van der Waals surface area contributed by atoms with Crippen LogP contribution >= 0.6 is 0 Å². The van der Waals surface area contributed by atoms with Crippen molar-refractivity contribution in [2.24, 2.45) is 0 Å². The van der Waals surface area contributed by atoms with Crippen LogP contribution in [0.25, 0.3) is 0 Å². The number of rotatable bonds is 1. The summed E-state index contributed by atoms with van der Waals surface area (Å²) in [6.07, 6.45) is -0.300. The lowest BCUT2D eigenvalue weighted by molar-refractivity contribution is 0.0930. The van der Waals surface area contributed by atoms with Crippen LogP contribution in [0.3, 0.4) is 0 Å². The third-order valence-corrected chi connectivity index (χ3v) is 2.79. The smallest absolute Gasteiger partial charge is 0.255 e. The fourth-order valence-corrected chi connectivity index (χ4v) is 1.96. The van der Waals surface area contributed by atoms with E-state index in [9.17, 15) is 4.79 Å². The largest absolute Gasteiger partial charge is 0.462 e. The van der Waals surface area contributed by atoms with Gasteiger partial charge in [0.25, 0.3) is 5.91 Å². The second kappa shape index (κ2) is 3.66. The van der Waals surface area contributed by atoms with Crippen LogP contribution in [0.4, 0.5) is 5.69 Å². The molecule has 1 aromatic carbocycles. The van der Waals surface area contributed by atoms with Gasteiger partial charge in [0.15, 0.2) is 6.17 Å². The lowest BCUT2D eigenvalue weighted by Gasteiger charge is -2.26. The number of aryl methyl sites for hydroxylation is 1. The van der Waals surface area contributed by atoms with Gasteiger partial charge in [0.1, 0.15) is 11.5 Å².